The Morgan fingerprint density at radius 1 is 1.40 bits per heavy atom. The van der Waals surface area contributed by atoms with Gasteiger partial charge < -0.3 is 25.6 Å². The lowest BCUT2D eigenvalue weighted by Crippen LogP contribution is -2.58. The Morgan fingerprint density at radius 2 is 2.12 bits per heavy atom. The van der Waals surface area contributed by atoms with Crippen LogP contribution in [0, 0.1) is 11.8 Å². The molecule has 0 spiro atoms. The number of carbonyl (C=O) groups is 1. The lowest BCUT2D eigenvalue weighted by Gasteiger charge is -2.41. The molecule has 2 fully saturated rings. The summed E-state index contributed by atoms with van der Waals surface area (Å²) in [6.07, 6.45) is 1.76. The van der Waals surface area contributed by atoms with Crippen molar-refractivity contribution in [1.29, 1.82) is 0 Å². The van der Waals surface area contributed by atoms with E-state index in [9.17, 15) is 15.0 Å². The first-order valence-corrected chi connectivity index (χ1v) is 10.8. The van der Waals surface area contributed by atoms with Gasteiger partial charge in [-0.05, 0) is 32.1 Å². The summed E-state index contributed by atoms with van der Waals surface area (Å²) >= 11 is 7.67. The van der Waals surface area contributed by atoms with Gasteiger partial charge in [-0.3, -0.25) is 4.79 Å². The fourth-order valence-corrected chi connectivity index (χ4v) is 4.56. The minimum Gasteiger partial charge on any atom is -0.390 e. The van der Waals surface area contributed by atoms with Gasteiger partial charge in [0.15, 0.2) is 0 Å². The molecule has 1 amide bonds. The third-order valence-electron chi connectivity index (χ3n) is 5.28. The van der Waals surface area contributed by atoms with E-state index in [0.717, 1.165) is 19.4 Å². The molecule has 0 radical (unpaired) electrons. The second-order valence-electron chi connectivity index (χ2n) is 7.15. The molecule has 8 atom stereocenters. The van der Waals surface area contributed by atoms with E-state index in [1.54, 1.807) is 0 Å². The molecule has 6 unspecified atom stereocenters. The van der Waals surface area contributed by atoms with E-state index in [4.69, 9.17) is 16.3 Å². The Labute approximate surface area is 159 Å². The highest BCUT2D eigenvalue weighted by atomic mass is 35.5. The van der Waals surface area contributed by atoms with Gasteiger partial charge in [-0.2, -0.15) is 0 Å². The molecule has 8 heteroatoms. The largest absolute Gasteiger partial charge is 0.390 e. The first kappa shape index (κ1) is 21.3. The number of aliphatic hydroxyl groups excluding tert-OH is 2. The number of carbonyl (C=O) groups excluding carboxylic acids is 1. The third-order valence-corrected chi connectivity index (χ3v) is 6.41. The Balaban J connectivity index is 2.01. The Bertz CT molecular complexity index is 443. The standard InChI is InChI=1S/C17H31ClN2O4S/c1-4-10-5-11(8-19-7-10)16(23)20-14(9(2)18)13-6-12(21)15(22)17(24-13)25-3/h9-15,17,19,21-22H,4-8H2,1-3H3,(H,20,23)/t9?,10?,11?,12?,13?,14?,15-,17+/m0/s1. The van der Waals surface area contributed by atoms with Crippen LogP contribution < -0.4 is 10.6 Å². The predicted molar refractivity (Wildman–Crippen MR) is 101 cm³/mol. The highest BCUT2D eigenvalue weighted by molar-refractivity contribution is 7.99. The molecule has 2 saturated heterocycles. The molecule has 0 bridgehead atoms. The lowest BCUT2D eigenvalue weighted by molar-refractivity contribution is -0.148. The molecular weight excluding hydrogens is 364 g/mol. The quantitative estimate of drug-likeness (QED) is 0.501. The van der Waals surface area contributed by atoms with E-state index < -0.39 is 29.8 Å². The average molecular weight is 395 g/mol. The van der Waals surface area contributed by atoms with Crippen LogP contribution in [-0.2, 0) is 9.53 Å². The molecule has 4 N–H and O–H groups in total. The van der Waals surface area contributed by atoms with Crippen molar-refractivity contribution in [1.82, 2.24) is 10.6 Å². The number of thioether (sulfide) groups is 1. The van der Waals surface area contributed by atoms with Crippen molar-refractivity contribution in [3.63, 3.8) is 0 Å². The van der Waals surface area contributed by atoms with Crippen LogP contribution >= 0.6 is 23.4 Å². The molecule has 2 aliphatic rings. The van der Waals surface area contributed by atoms with Gasteiger partial charge in [0, 0.05) is 13.0 Å². The van der Waals surface area contributed by atoms with E-state index in [1.165, 1.54) is 11.8 Å². The van der Waals surface area contributed by atoms with Gasteiger partial charge in [0.1, 0.15) is 11.5 Å². The summed E-state index contributed by atoms with van der Waals surface area (Å²) in [4.78, 5) is 12.7. The van der Waals surface area contributed by atoms with Crippen molar-refractivity contribution in [2.24, 2.45) is 11.8 Å². The zero-order valence-electron chi connectivity index (χ0n) is 15.2. The van der Waals surface area contributed by atoms with Crippen LogP contribution in [0.15, 0.2) is 0 Å². The zero-order valence-corrected chi connectivity index (χ0v) is 16.7. The number of amides is 1. The number of aliphatic hydroxyl groups is 2. The molecule has 0 aromatic rings. The zero-order chi connectivity index (χ0) is 18.6. The van der Waals surface area contributed by atoms with Crippen LogP contribution in [0.4, 0.5) is 0 Å². The van der Waals surface area contributed by atoms with Gasteiger partial charge in [-0.15, -0.1) is 23.4 Å². The summed E-state index contributed by atoms with van der Waals surface area (Å²) in [5.74, 6) is 0.417. The first-order valence-electron chi connectivity index (χ1n) is 9.06. The van der Waals surface area contributed by atoms with Crippen molar-refractivity contribution in [2.75, 3.05) is 19.3 Å². The van der Waals surface area contributed by atoms with E-state index in [-0.39, 0.29) is 23.6 Å². The Morgan fingerprint density at radius 3 is 2.72 bits per heavy atom. The number of rotatable bonds is 6. The topological polar surface area (TPSA) is 90.8 Å². The molecular formula is C17H31ClN2O4S. The van der Waals surface area contributed by atoms with Gasteiger partial charge in [-0.1, -0.05) is 13.3 Å². The summed E-state index contributed by atoms with van der Waals surface area (Å²) in [6.45, 7) is 5.59. The molecule has 25 heavy (non-hydrogen) atoms. The van der Waals surface area contributed by atoms with Crippen molar-refractivity contribution >= 4 is 29.3 Å². The lowest BCUT2D eigenvalue weighted by atomic mass is 9.87. The second kappa shape index (κ2) is 9.76. The minimum atomic E-state index is -0.930. The van der Waals surface area contributed by atoms with Gasteiger partial charge in [0.25, 0.3) is 0 Å². The number of halogens is 1. The normalized spacial score (nSPS) is 38.8. The number of hydrogen-bond donors (Lipinski definition) is 4. The first-order chi connectivity index (χ1) is 11.9. The molecule has 2 aliphatic heterocycles. The fourth-order valence-electron chi connectivity index (χ4n) is 3.62. The maximum absolute atomic E-state index is 12.7. The van der Waals surface area contributed by atoms with Crippen LogP contribution in [0.2, 0.25) is 0 Å². The van der Waals surface area contributed by atoms with Crippen LogP contribution in [0.1, 0.15) is 33.1 Å². The number of nitrogens with one attached hydrogen (secondary N) is 2. The summed E-state index contributed by atoms with van der Waals surface area (Å²) < 4.78 is 5.91. The van der Waals surface area contributed by atoms with Gasteiger partial charge in [0.05, 0.1) is 29.5 Å². The molecule has 6 nitrogen and oxygen atoms in total. The van der Waals surface area contributed by atoms with Gasteiger partial charge in [-0.25, -0.2) is 0 Å². The molecule has 2 heterocycles. The van der Waals surface area contributed by atoms with Crippen LogP contribution in [-0.4, -0.2) is 70.6 Å². The van der Waals surface area contributed by atoms with Gasteiger partial charge in [0.2, 0.25) is 5.91 Å². The van der Waals surface area contributed by atoms with Crippen LogP contribution in [0.25, 0.3) is 0 Å². The second-order valence-corrected chi connectivity index (χ2v) is 8.77. The monoisotopic (exact) mass is 394 g/mol. The van der Waals surface area contributed by atoms with E-state index >= 15 is 0 Å². The van der Waals surface area contributed by atoms with Crippen LogP contribution in [0.5, 0.6) is 0 Å². The maximum atomic E-state index is 12.7. The average Bonchev–Trinajstić information content (AvgIpc) is 2.61. The fraction of sp³-hybridized carbons (Fsp3) is 0.941. The Kier molecular flexibility index (Phi) is 8.30. The molecule has 0 aromatic heterocycles. The van der Waals surface area contributed by atoms with E-state index in [0.29, 0.717) is 12.5 Å². The summed E-state index contributed by atoms with van der Waals surface area (Å²) in [7, 11) is 0. The molecule has 0 saturated carbocycles. The molecule has 0 aromatic carbocycles. The number of piperidine rings is 1. The SMILES string of the molecule is CCC1CNCC(C(=O)NC(C(C)Cl)C2CC(O)[C@H](O)[C@@H](SC)O2)C1. The highest BCUT2D eigenvalue weighted by Crippen LogP contribution is 2.30. The van der Waals surface area contributed by atoms with Crippen molar-refractivity contribution in [3.05, 3.63) is 0 Å². The number of alkyl halides is 1. The van der Waals surface area contributed by atoms with E-state index in [2.05, 4.69) is 17.6 Å². The maximum Gasteiger partial charge on any atom is 0.224 e. The molecule has 2 rings (SSSR count). The van der Waals surface area contributed by atoms with Crippen LogP contribution in [0.3, 0.4) is 0 Å². The molecule has 146 valence electrons. The van der Waals surface area contributed by atoms with Crippen molar-refractivity contribution in [3.8, 4) is 0 Å². The highest BCUT2D eigenvalue weighted by Gasteiger charge is 2.42. The number of hydrogen-bond acceptors (Lipinski definition) is 6. The minimum absolute atomic E-state index is 0.0203. The van der Waals surface area contributed by atoms with Crippen molar-refractivity contribution < 1.29 is 19.7 Å². The molecule has 0 aliphatic carbocycles. The summed E-state index contributed by atoms with van der Waals surface area (Å²) in [6, 6.07) is -0.409. The summed E-state index contributed by atoms with van der Waals surface area (Å²) in [5, 5.41) is 26.1. The van der Waals surface area contributed by atoms with Gasteiger partial charge >= 0.3 is 0 Å². The summed E-state index contributed by atoms with van der Waals surface area (Å²) in [5.41, 5.74) is -0.524. The van der Waals surface area contributed by atoms with E-state index in [1.807, 2.05) is 13.2 Å². The number of ether oxygens (including phenoxy) is 1. The Hall–Kier alpha value is -0.0500. The smallest absolute Gasteiger partial charge is 0.224 e. The van der Waals surface area contributed by atoms with Crippen molar-refractivity contribution in [2.45, 2.75) is 68.3 Å². The predicted octanol–water partition coefficient (Wildman–Crippen LogP) is 0.934. The third kappa shape index (κ3) is 5.47.